The molecule has 0 bridgehead atoms. The summed E-state index contributed by atoms with van der Waals surface area (Å²) < 4.78 is 0. The molecule has 4 rings (SSSR count). The molecule has 0 atom stereocenters. The van der Waals surface area contributed by atoms with Crippen LogP contribution in [0, 0.1) is 0 Å². The Balaban J connectivity index is 1.66. The zero-order valence-electron chi connectivity index (χ0n) is 14.0. The van der Waals surface area contributed by atoms with Crippen LogP contribution >= 0.6 is 11.6 Å². The lowest BCUT2D eigenvalue weighted by atomic mass is 10.0. The van der Waals surface area contributed by atoms with Gasteiger partial charge in [-0.15, -0.1) is 0 Å². The smallest absolute Gasteiger partial charge is 0.185 e. The third kappa shape index (κ3) is 3.27. The number of halogens is 1. The van der Waals surface area contributed by atoms with Crippen LogP contribution in [0.1, 0.15) is 34.3 Å². The number of hydrogen-bond acceptors (Lipinski definition) is 2. The number of rotatable bonds is 4. The van der Waals surface area contributed by atoms with Crippen LogP contribution in [0.25, 0.3) is 5.57 Å². The lowest BCUT2D eigenvalue weighted by molar-refractivity contribution is 0.104. The number of benzene rings is 2. The molecule has 0 aromatic heterocycles. The van der Waals surface area contributed by atoms with Crippen LogP contribution in [0.2, 0.25) is 5.02 Å². The van der Waals surface area contributed by atoms with E-state index in [1.807, 2.05) is 6.08 Å². The van der Waals surface area contributed by atoms with Crippen molar-refractivity contribution in [2.24, 2.45) is 0 Å². The van der Waals surface area contributed by atoms with Crippen LogP contribution in [0.5, 0.6) is 0 Å². The average molecular weight is 350 g/mol. The molecule has 126 valence electrons. The number of nitrogens with zero attached hydrogens (tertiary/aromatic N) is 1. The van der Waals surface area contributed by atoms with E-state index in [1.54, 1.807) is 30.3 Å². The fourth-order valence-electron chi connectivity index (χ4n) is 3.69. The van der Waals surface area contributed by atoms with Gasteiger partial charge in [-0.05, 0) is 60.4 Å². The fraction of sp³-hybridized carbons (Fsp3) is 0.227. The van der Waals surface area contributed by atoms with Gasteiger partial charge in [0.25, 0.3) is 0 Å². The van der Waals surface area contributed by atoms with Crippen molar-refractivity contribution in [3.8, 4) is 0 Å². The molecule has 1 heterocycles. The largest absolute Gasteiger partial charge is 0.374 e. The number of allylic oxidation sites excluding steroid dienone is 4. The monoisotopic (exact) mass is 349 g/mol. The number of likely N-dealkylation sites (tertiary alicyclic amines) is 1. The van der Waals surface area contributed by atoms with Gasteiger partial charge in [0.05, 0.1) is 0 Å². The van der Waals surface area contributed by atoms with E-state index >= 15 is 0 Å². The van der Waals surface area contributed by atoms with Gasteiger partial charge >= 0.3 is 0 Å². The van der Waals surface area contributed by atoms with Crippen molar-refractivity contribution in [1.29, 1.82) is 0 Å². The minimum absolute atomic E-state index is 0.00863. The highest BCUT2D eigenvalue weighted by Gasteiger charge is 2.25. The average Bonchev–Trinajstić information content (AvgIpc) is 3.28. The Bertz CT molecular complexity index is 858. The summed E-state index contributed by atoms with van der Waals surface area (Å²) in [6, 6.07) is 15.6. The molecule has 0 amide bonds. The van der Waals surface area contributed by atoms with Gasteiger partial charge in [0, 0.05) is 41.4 Å². The summed E-state index contributed by atoms with van der Waals surface area (Å²) in [7, 11) is 0. The standard InChI is InChI=1S/C22H20ClNO/c23-18-9-7-16(8-10-18)22(25)12-11-20-19-6-2-1-5-17(19)15-21(20)24-13-3-4-14-24/h1-2,5-12H,3-4,13-15H2. The summed E-state index contributed by atoms with van der Waals surface area (Å²) in [4.78, 5) is 15.0. The Morgan fingerprint density at radius 3 is 2.48 bits per heavy atom. The lowest BCUT2D eigenvalue weighted by Crippen LogP contribution is -2.19. The Morgan fingerprint density at radius 2 is 1.72 bits per heavy atom. The lowest BCUT2D eigenvalue weighted by Gasteiger charge is -2.20. The molecule has 1 fully saturated rings. The van der Waals surface area contributed by atoms with Crippen molar-refractivity contribution in [2.75, 3.05) is 13.1 Å². The molecule has 2 aromatic rings. The summed E-state index contributed by atoms with van der Waals surface area (Å²) >= 11 is 5.90. The molecular weight excluding hydrogens is 330 g/mol. The van der Waals surface area contributed by atoms with E-state index in [0.717, 1.165) is 19.5 Å². The molecule has 2 aliphatic rings. The first-order chi connectivity index (χ1) is 12.2. The Morgan fingerprint density at radius 1 is 1.00 bits per heavy atom. The summed E-state index contributed by atoms with van der Waals surface area (Å²) in [6.07, 6.45) is 7.15. The van der Waals surface area contributed by atoms with Crippen molar-refractivity contribution >= 4 is 23.0 Å². The van der Waals surface area contributed by atoms with Crippen LogP contribution in [0.4, 0.5) is 0 Å². The highest BCUT2D eigenvalue weighted by Crippen LogP contribution is 2.36. The summed E-state index contributed by atoms with van der Waals surface area (Å²) in [5.74, 6) is 0.00863. The molecule has 1 aliphatic heterocycles. The van der Waals surface area contributed by atoms with Crippen LogP contribution in [-0.4, -0.2) is 23.8 Å². The van der Waals surface area contributed by atoms with E-state index in [-0.39, 0.29) is 5.78 Å². The maximum absolute atomic E-state index is 12.5. The number of ketones is 1. The van der Waals surface area contributed by atoms with Gasteiger partial charge < -0.3 is 4.90 Å². The fourth-order valence-corrected chi connectivity index (χ4v) is 3.82. The van der Waals surface area contributed by atoms with Crippen molar-refractivity contribution in [1.82, 2.24) is 4.90 Å². The van der Waals surface area contributed by atoms with Gasteiger partial charge in [-0.25, -0.2) is 0 Å². The van der Waals surface area contributed by atoms with Crippen LogP contribution in [0.3, 0.4) is 0 Å². The van der Waals surface area contributed by atoms with Crippen molar-refractivity contribution < 1.29 is 4.79 Å². The molecule has 0 N–H and O–H groups in total. The summed E-state index contributed by atoms with van der Waals surface area (Å²) in [5, 5.41) is 0.643. The minimum Gasteiger partial charge on any atom is -0.374 e. The van der Waals surface area contributed by atoms with E-state index in [9.17, 15) is 4.79 Å². The third-order valence-corrected chi connectivity index (χ3v) is 5.25. The molecule has 1 aliphatic carbocycles. The van der Waals surface area contributed by atoms with Gasteiger partial charge in [0.1, 0.15) is 0 Å². The number of hydrogen-bond donors (Lipinski definition) is 0. The molecule has 2 nitrogen and oxygen atoms in total. The number of fused-ring (bicyclic) bond motifs is 1. The quantitative estimate of drug-likeness (QED) is 0.562. The van der Waals surface area contributed by atoms with E-state index < -0.39 is 0 Å². The topological polar surface area (TPSA) is 20.3 Å². The zero-order valence-corrected chi connectivity index (χ0v) is 14.8. The second-order valence-corrected chi connectivity index (χ2v) is 7.03. The van der Waals surface area contributed by atoms with E-state index in [2.05, 4.69) is 29.2 Å². The Labute approximate surface area is 153 Å². The molecule has 3 heteroatoms. The van der Waals surface area contributed by atoms with Crippen molar-refractivity contribution in [3.05, 3.63) is 88.1 Å². The first kappa shape index (κ1) is 16.2. The molecule has 0 spiro atoms. The highest BCUT2D eigenvalue weighted by molar-refractivity contribution is 6.30. The van der Waals surface area contributed by atoms with Crippen LogP contribution < -0.4 is 0 Å². The zero-order chi connectivity index (χ0) is 17.2. The minimum atomic E-state index is 0.00863. The first-order valence-corrected chi connectivity index (χ1v) is 9.14. The molecule has 2 aromatic carbocycles. The van der Waals surface area contributed by atoms with Crippen LogP contribution in [-0.2, 0) is 6.42 Å². The molecular formula is C22H20ClNO. The summed E-state index contributed by atoms with van der Waals surface area (Å²) in [5.41, 5.74) is 5.82. The van der Waals surface area contributed by atoms with Gasteiger partial charge in [-0.3, -0.25) is 4.79 Å². The summed E-state index contributed by atoms with van der Waals surface area (Å²) in [6.45, 7) is 2.23. The predicted octanol–water partition coefficient (Wildman–Crippen LogP) is 5.14. The number of carbonyl (C=O) groups is 1. The molecule has 0 saturated carbocycles. The molecule has 25 heavy (non-hydrogen) atoms. The third-order valence-electron chi connectivity index (χ3n) is 4.99. The second kappa shape index (κ2) is 6.89. The van der Waals surface area contributed by atoms with E-state index in [4.69, 9.17) is 11.6 Å². The van der Waals surface area contributed by atoms with E-state index in [1.165, 1.54) is 35.2 Å². The second-order valence-electron chi connectivity index (χ2n) is 6.59. The maximum Gasteiger partial charge on any atom is 0.185 e. The predicted molar refractivity (Wildman–Crippen MR) is 103 cm³/mol. The number of carbonyl (C=O) groups excluding carboxylic acids is 1. The van der Waals surface area contributed by atoms with Crippen molar-refractivity contribution in [3.63, 3.8) is 0 Å². The maximum atomic E-state index is 12.5. The Hall–Kier alpha value is -2.32. The van der Waals surface area contributed by atoms with Gasteiger partial charge in [-0.1, -0.05) is 35.9 Å². The Kier molecular flexibility index (Phi) is 4.46. The molecule has 1 saturated heterocycles. The van der Waals surface area contributed by atoms with Crippen LogP contribution in [0.15, 0.2) is 66.4 Å². The molecule has 0 unspecified atom stereocenters. The molecule has 0 radical (unpaired) electrons. The SMILES string of the molecule is O=C(C=CC1=C(N2CCCC2)Cc2ccccc21)c1ccc(Cl)cc1. The normalized spacial score (nSPS) is 16.8. The van der Waals surface area contributed by atoms with Crippen molar-refractivity contribution in [2.45, 2.75) is 19.3 Å². The van der Waals surface area contributed by atoms with Gasteiger partial charge in [-0.2, -0.15) is 0 Å². The first-order valence-electron chi connectivity index (χ1n) is 8.77. The van der Waals surface area contributed by atoms with Gasteiger partial charge in [0.2, 0.25) is 0 Å². The highest BCUT2D eigenvalue weighted by atomic mass is 35.5. The van der Waals surface area contributed by atoms with Gasteiger partial charge in [0.15, 0.2) is 5.78 Å². The van der Waals surface area contributed by atoms with E-state index in [0.29, 0.717) is 10.6 Å².